The first kappa shape index (κ1) is 18.3. The number of imidazole rings is 1. The third kappa shape index (κ3) is 3.56. The molecule has 134 valence electrons. The van der Waals surface area contributed by atoms with Gasteiger partial charge >= 0.3 is 0 Å². The number of benzene rings is 1. The third-order valence-corrected chi connectivity index (χ3v) is 4.96. The quantitative estimate of drug-likeness (QED) is 0.682. The van der Waals surface area contributed by atoms with Crippen LogP contribution in [-0.2, 0) is 13.0 Å². The van der Waals surface area contributed by atoms with Crippen LogP contribution in [0.1, 0.15) is 45.8 Å². The molecule has 0 saturated heterocycles. The van der Waals surface area contributed by atoms with Gasteiger partial charge in [0.25, 0.3) is 0 Å². The van der Waals surface area contributed by atoms with Crippen LogP contribution in [0, 0.1) is 20.8 Å². The summed E-state index contributed by atoms with van der Waals surface area (Å²) >= 11 is 0. The van der Waals surface area contributed by atoms with Gasteiger partial charge in [0, 0.05) is 12.4 Å². The molecule has 3 aromatic rings. The van der Waals surface area contributed by atoms with Crippen LogP contribution in [0.25, 0.3) is 11.6 Å². The Morgan fingerprint density at radius 1 is 1.08 bits per heavy atom. The number of allylic oxidation sites excluding steroid dienone is 1. The molecule has 2 aromatic heterocycles. The highest BCUT2D eigenvalue weighted by Crippen LogP contribution is 2.32. The molecule has 0 N–H and O–H groups in total. The highest BCUT2D eigenvalue weighted by atomic mass is 35.5. The summed E-state index contributed by atoms with van der Waals surface area (Å²) in [5.74, 6) is 0.990. The molecule has 26 heavy (non-hydrogen) atoms. The summed E-state index contributed by atoms with van der Waals surface area (Å²) in [6.45, 7) is 7.08. The topological polar surface area (TPSA) is 43.6 Å². The van der Waals surface area contributed by atoms with Crippen molar-refractivity contribution in [3.8, 4) is 0 Å². The predicted molar refractivity (Wildman–Crippen MR) is 107 cm³/mol. The molecule has 0 amide bonds. The molecule has 1 aromatic carbocycles. The zero-order valence-electron chi connectivity index (χ0n) is 15.4. The Hall–Kier alpha value is -2.46. The lowest BCUT2D eigenvalue weighted by Gasteiger charge is -2.19. The largest absolute Gasteiger partial charge is 0.329 e. The summed E-state index contributed by atoms with van der Waals surface area (Å²) in [6, 6.07) is 6.72. The summed E-state index contributed by atoms with van der Waals surface area (Å²) in [4.78, 5) is 4.27. The van der Waals surface area contributed by atoms with Crippen LogP contribution in [-0.4, -0.2) is 19.7 Å². The number of fused-ring (bicyclic) bond motifs is 1. The first-order chi connectivity index (χ1) is 12.1. The molecule has 0 fully saturated rings. The van der Waals surface area contributed by atoms with Crippen molar-refractivity contribution in [1.82, 2.24) is 19.7 Å². The zero-order chi connectivity index (χ0) is 17.4. The average Bonchev–Trinajstić information content (AvgIpc) is 2.99. The van der Waals surface area contributed by atoms with Crippen molar-refractivity contribution in [2.75, 3.05) is 0 Å². The van der Waals surface area contributed by atoms with Gasteiger partial charge in [-0.1, -0.05) is 23.8 Å². The number of halogens is 1. The van der Waals surface area contributed by atoms with Crippen molar-refractivity contribution in [2.45, 2.75) is 40.2 Å². The van der Waals surface area contributed by atoms with Gasteiger partial charge in [-0.2, -0.15) is 10.2 Å². The molecule has 4 nitrogen and oxygen atoms in total. The molecule has 4 rings (SSSR count). The second kappa shape index (κ2) is 7.42. The van der Waals surface area contributed by atoms with Gasteiger partial charge in [0.15, 0.2) is 0 Å². The number of rotatable bonds is 3. The van der Waals surface area contributed by atoms with Gasteiger partial charge in [0.1, 0.15) is 5.82 Å². The number of hydrogen-bond acceptors (Lipinski definition) is 3. The lowest BCUT2D eigenvalue weighted by Crippen LogP contribution is -2.06. The van der Waals surface area contributed by atoms with Crippen molar-refractivity contribution in [2.24, 2.45) is 0 Å². The Morgan fingerprint density at radius 3 is 2.69 bits per heavy atom. The maximum Gasteiger partial charge on any atom is 0.105 e. The number of nitrogens with zero attached hydrogens (tertiary/aromatic N) is 4. The summed E-state index contributed by atoms with van der Waals surface area (Å²) in [6.07, 6.45) is 10.1. The van der Waals surface area contributed by atoms with E-state index in [0.717, 1.165) is 24.4 Å². The van der Waals surface area contributed by atoms with Gasteiger partial charge in [0.2, 0.25) is 0 Å². The number of hydrogen-bond donors (Lipinski definition) is 0. The highest BCUT2D eigenvalue weighted by molar-refractivity contribution is 5.85. The van der Waals surface area contributed by atoms with E-state index in [2.05, 4.69) is 57.9 Å². The molecule has 0 bridgehead atoms. The van der Waals surface area contributed by atoms with E-state index in [-0.39, 0.29) is 12.4 Å². The Morgan fingerprint density at radius 2 is 1.92 bits per heavy atom. The molecule has 0 radical (unpaired) electrons. The average molecular weight is 367 g/mol. The lowest BCUT2D eigenvalue weighted by molar-refractivity contribution is 0.725. The Labute approximate surface area is 160 Å². The van der Waals surface area contributed by atoms with E-state index in [0.29, 0.717) is 6.54 Å². The Balaban J connectivity index is 0.00000196. The highest BCUT2D eigenvalue weighted by Gasteiger charge is 2.15. The minimum absolute atomic E-state index is 0. The van der Waals surface area contributed by atoms with Crippen LogP contribution in [0.15, 0.2) is 36.8 Å². The smallest absolute Gasteiger partial charge is 0.105 e. The molecule has 2 heterocycles. The van der Waals surface area contributed by atoms with Crippen molar-refractivity contribution < 1.29 is 0 Å². The molecule has 0 saturated carbocycles. The van der Waals surface area contributed by atoms with E-state index >= 15 is 0 Å². The predicted octanol–water partition coefficient (Wildman–Crippen LogP) is 4.56. The Kier molecular flexibility index (Phi) is 5.23. The third-order valence-electron chi connectivity index (χ3n) is 4.96. The Bertz CT molecular complexity index is 972. The summed E-state index contributed by atoms with van der Waals surface area (Å²) < 4.78 is 2.09. The maximum atomic E-state index is 4.30. The molecule has 5 heteroatoms. The van der Waals surface area contributed by atoms with E-state index in [1.165, 1.54) is 33.4 Å². The molecule has 0 atom stereocenters. The molecule has 0 spiro atoms. The van der Waals surface area contributed by atoms with Gasteiger partial charge in [-0.3, -0.25) is 0 Å². The molecule has 1 aliphatic carbocycles. The second-order valence-electron chi connectivity index (χ2n) is 6.86. The monoisotopic (exact) mass is 366 g/mol. The SMILES string of the molecule is Cc1cc(C)c2c(c1)C=C(c1cnnc(Cn3ccnc3C)c1)CC2.Cl. The molecule has 0 unspecified atom stereocenters. The van der Waals surface area contributed by atoms with Crippen molar-refractivity contribution >= 4 is 24.1 Å². The van der Waals surface area contributed by atoms with E-state index in [1.807, 2.05) is 25.5 Å². The fourth-order valence-corrected chi connectivity index (χ4v) is 3.66. The van der Waals surface area contributed by atoms with Crippen LogP contribution in [0.4, 0.5) is 0 Å². The first-order valence-corrected chi connectivity index (χ1v) is 8.70. The van der Waals surface area contributed by atoms with E-state index in [9.17, 15) is 0 Å². The van der Waals surface area contributed by atoms with Gasteiger partial charge in [-0.25, -0.2) is 4.98 Å². The molecule has 1 aliphatic rings. The van der Waals surface area contributed by atoms with Crippen LogP contribution in [0.5, 0.6) is 0 Å². The van der Waals surface area contributed by atoms with Crippen molar-refractivity contribution in [3.63, 3.8) is 0 Å². The summed E-state index contributed by atoms with van der Waals surface area (Å²) in [5.41, 5.74) is 9.02. The zero-order valence-corrected chi connectivity index (χ0v) is 16.2. The van der Waals surface area contributed by atoms with Crippen LogP contribution >= 0.6 is 12.4 Å². The van der Waals surface area contributed by atoms with Gasteiger partial charge in [0.05, 0.1) is 18.4 Å². The van der Waals surface area contributed by atoms with Gasteiger partial charge in [-0.05, 0) is 67.5 Å². The van der Waals surface area contributed by atoms with Gasteiger partial charge < -0.3 is 4.57 Å². The first-order valence-electron chi connectivity index (χ1n) is 8.70. The maximum absolute atomic E-state index is 4.30. The van der Waals surface area contributed by atoms with E-state index in [1.54, 1.807) is 0 Å². The molecular formula is C21H23ClN4. The van der Waals surface area contributed by atoms with Crippen LogP contribution in [0.3, 0.4) is 0 Å². The van der Waals surface area contributed by atoms with E-state index in [4.69, 9.17) is 0 Å². The van der Waals surface area contributed by atoms with Crippen LogP contribution in [0.2, 0.25) is 0 Å². The van der Waals surface area contributed by atoms with Gasteiger partial charge in [-0.15, -0.1) is 12.4 Å². The standard InChI is InChI=1S/C21H22N4.ClH/c1-14-8-15(2)21-5-4-17(10-18(21)9-14)19-11-20(24-23-12-19)13-25-7-6-22-16(25)3;/h6-12H,4-5,13H2,1-3H3;1H. The number of aryl methyl sites for hydroxylation is 3. The van der Waals surface area contributed by atoms with Crippen molar-refractivity contribution in [3.05, 3.63) is 76.1 Å². The molecule has 0 aliphatic heterocycles. The molecular weight excluding hydrogens is 344 g/mol. The normalized spacial score (nSPS) is 13.0. The van der Waals surface area contributed by atoms with E-state index < -0.39 is 0 Å². The minimum atomic E-state index is 0. The fraction of sp³-hybridized carbons (Fsp3) is 0.286. The lowest BCUT2D eigenvalue weighted by atomic mass is 9.86. The van der Waals surface area contributed by atoms with Crippen LogP contribution < -0.4 is 0 Å². The summed E-state index contributed by atoms with van der Waals surface area (Å²) in [5, 5.41) is 8.53. The second-order valence-corrected chi connectivity index (χ2v) is 6.86. The minimum Gasteiger partial charge on any atom is -0.329 e. The fourth-order valence-electron chi connectivity index (χ4n) is 3.66. The number of aromatic nitrogens is 4. The van der Waals surface area contributed by atoms with Crippen molar-refractivity contribution in [1.29, 1.82) is 0 Å². The summed E-state index contributed by atoms with van der Waals surface area (Å²) in [7, 11) is 0.